The number of carbonyl (C=O) groups is 2. The number of benzene rings is 2. The highest BCUT2D eigenvalue weighted by atomic mass is 16.5. The molecule has 0 saturated carbocycles. The first kappa shape index (κ1) is 16.8. The fourth-order valence-electron chi connectivity index (χ4n) is 3.09. The van der Waals surface area contributed by atoms with Crippen LogP contribution in [0, 0.1) is 0 Å². The Kier molecular flexibility index (Phi) is 4.61. The van der Waals surface area contributed by atoms with Crippen molar-refractivity contribution in [1.29, 1.82) is 0 Å². The summed E-state index contributed by atoms with van der Waals surface area (Å²) in [4.78, 5) is 26.4. The van der Waals surface area contributed by atoms with Gasteiger partial charge in [-0.3, -0.25) is 14.5 Å². The molecule has 1 aliphatic heterocycles. The molecule has 25 heavy (non-hydrogen) atoms. The molecule has 6 nitrogen and oxygen atoms in total. The number of nitrogens with one attached hydrogen (secondary N) is 1. The highest BCUT2D eigenvalue weighted by Crippen LogP contribution is 2.33. The fraction of sp³-hybridized carbons (Fsp3) is 0.263. The topological polar surface area (TPSA) is 67.9 Å². The summed E-state index contributed by atoms with van der Waals surface area (Å²) in [5.74, 6) is 0.746. The summed E-state index contributed by atoms with van der Waals surface area (Å²) in [7, 11) is 3.09. The summed E-state index contributed by atoms with van der Waals surface area (Å²) in [6.07, 6.45) is 0.489. The van der Waals surface area contributed by atoms with Gasteiger partial charge in [0.1, 0.15) is 17.5 Å². The molecule has 2 aromatic carbocycles. The van der Waals surface area contributed by atoms with Crippen molar-refractivity contribution in [1.82, 2.24) is 0 Å². The third-order valence-electron chi connectivity index (χ3n) is 4.24. The van der Waals surface area contributed by atoms with Gasteiger partial charge in [0, 0.05) is 42.9 Å². The quantitative estimate of drug-likeness (QED) is 0.929. The number of anilines is 2. The van der Waals surface area contributed by atoms with E-state index >= 15 is 0 Å². The van der Waals surface area contributed by atoms with Crippen LogP contribution in [0.5, 0.6) is 11.5 Å². The Labute approximate surface area is 146 Å². The maximum Gasteiger partial charge on any atom is 0.247 e. The molecule has 2 aromatic rings. The molecule has 0 saturated heterocycles. The number of amides is 2. The maximum atomic E-state index is 12.8. The summed E-state index contributed by atoms with van der Waals surface area (Å²) in [6.45, 7) is 1.47. The van der Waals surface area contributed by atoms with Gasteiger partial charge in [0.25, 0.3) is 0 Å². The average molecular weight is 340 g/mol. The third-order valence-corrected chi connectivity index (χ3v) is 4.24. The van der Waals surface area contributed by atoms with Crippen LogP contribution >= 0.6 is 0 Å². The maximum absolute atomic E-state index is 12.8. The van der Waals surface area contributed by atoms with Gasteiger partial charge >= 0.3 is 0 Å². The molecule has 0 fully saturated rings. The molecule has 6 heteroatoms. The summed E-state index contributed by atoms with van der Waals surface area (Å²) < 4.78 is 10.4. The van der Waals surface area contributed by atoms with E-state index in [0.29, 0.717) is 23.6 Å². The molecule has 0 radical (unpaired) electrons. The van der Waals surface area contributed by atoms with Crippen molar-refractivity contribution in [3.8, 4) is 11.5 Å². The molecule has 0 bridgehead atoms. The van der Waals surface area contributed by atoms with Crippen molar-refractivity contribution in [2.45, 2.75) is 19.4 Å². The van der Waals surface area contributed by atoms with Crippen molar-refractivity contribution in [2.24, 2.45) is 0 Å². The molecule has 1 N–H and O–H groups in total. The largest absolute Gasteiger partial charge is 0.497 e. The number of hydrogen-bond donors (Lipinski definition) is 1. The van der Waals surface area contributed by atoms with E-state index in [0.717, 1.165) is 11.3 Å². The number of para-hydroxylation sites is 1. The predicted octanol–water partition coefficient (Wildman–Crippen LogP) is 2.62. The van der Waals surface area contributed by atoms with Gasteiger partial charge in [-0.15, -0.1) is 0 Å². The van der Waals surface area contributed by atoms with Gasteiger partial charge in [-0.25, -0.2) is 0 Å². The molecular weight excluding hydrogens is 320 g/mol. The standard InChI is InChI=1S/C19H20N2O4/c1-12(22)21-17-7-5-4-6-13(17)8-18(21)19(23)20-14-9-15(24-2)11-16(10-14)25-3/h4-7,9-11,18H,8H2,1-3H3,(H,20,23)/t18-/m0/s1. The van der Waals surface area contributed by atoms with E-state index in [1.54, 1.807) is 37.3 Å². The minimum Gasteiger partial charge on any atom is -0.497 e. The van der Waals surface area contributed by atoms with E-state index in [9.17, 15) is 9.59 Å². The minimum atomic E-state index is -0.577. The van der Waals surface area contributed by atoms with Crippen LogP contribution < -0.4 is 19.7 Å². The smallest absolute Gasteiger partial charge is 0.247 e. The minimum absolute atomic E-state index is 0.159. The molecular formula is C19H20N2O4. The molecule has 2 amide bonds. The summed E-state index contributed by atoms with van der Waals surface area (Å²) in [6, 6.07) is 12.1. The zero-order valence-corrected chi connectivity index (χ0v) is 14.4. The number of carbonyl (C=O) groups excluding carboxylic acids is 2. The zero-order valence-electron chi connectivity index (χ0n) is 14.4. The average Bonchev–Trinajstić information content (AvgIpc) is 3.01. The number of rotatable bonds is 4. The Morgan fingerprint density at radius 2 is 1.72 bits per heavy atom. The van der Waals surface area contributed by atoms with Crippen LogP contribution in [0.25, 0.3) is 0 Å². The highest BCUT2D eigenvalue weighted by molar-refractivity contribution is 6.06. The second-order valence-corrected chi connectivity index (χ2v) is 5.83. The van der Waals surface area contributed by atoms with Gasteiger partial charge in [-0.05, 0) is 11.6 Å². The van der Waals surface area contributed by atoms with Crippen molar-refractivity contribution in [3.05, 3.63) is 48.0 Å². The Balaban J connectivity index is 1.85. The second kappa shape index (κ2) is 6.84. The summed E-state index contributed by atoms with van der Waals surface area (Å²) >= 11 is 0. The molecule has 0 spiro atoms. The molecule has 0 unspecified atom stereocenters. The molecule has 1 aliphatic rings. The lowest BCUT2D eigenvalue weighted by Gasteiger charge is -2.23. The van der Waals surface area contributed by atoms with Crippen molar-refractivity contribution in [2.75, 3.05) is 24.4 Å². The highest BCUT2D eigenvalue weighted by Gasteiger charge is 2.36. The number of methoxy groups -OCH3 is 2. The Morgan fingerprint density at radius 1 is 1.08 bits per heavy atom. The Hall–Kier alpha value is -3.02. The van der Waals surface area contributed by atoms with E-state index in [4.69, 9.17) is 9.47 Å². The lowest BCUT2D eigenvalue weighted by atomic mass is 10.1. The molecule has 0 aliphatic carbocycles. The van der Waals surface area contributed by atoms with Crippen LogP contribution in [0.4, 0.5) is 11.4 Å². The lowest BCUT2D eigenvalue weighted by Crippen LogP contribution is -2.44. The van der Waals surface area contributed by atoms with Crippen molar-refractivity contribution in [3.63, 3.8) is 0 Å². The van der Waals surface area contributed by atoms with Crippen LogP contribution in [0.3, 0.4) is 0 Å². The predicted molar refractivity (Wildman–Crippen MR) is 95.3 cm³/mol. The molecule has 1 atom stereocenters. The molecule has 130 valence electrons. The first-order valence-corrected chi connectivity index (χ1v) is 7.95. The van der Waals surface area contributed by atoms with E-state index in [-0.39, 0.29) is 11.8 Å². The van der Waals surface area contributed by atoms with Gasteiger partial charge in [-0.1, -0.05) is 18.2 Å². The van der Waals surface area contributed by atoms with Gasteiger partial charge < -0.3 is 14.8 Å². The summed E-state index contributed by atoms with van der Waals surface area (Å²) in [5, 5.41) is 2.86. The monoisotopic (exact) mass is 340 g/mol. The SMILES string of the molecule is COc1cc(NC(=O)[C@@H]2Cc3ccccc3N2C(C)=O)cc(OC)c1. The van der Waals surface area contributed by atoms with E-state index in [1.807, 2.05) is 24.3 Å². The second-order valence-electron chi connectivity index (χ2n) is 5.83. The van der Waals surface area contributed by atoms with Crippen LogP contribution in [0.15, 0.2) is 42.5 Å². The van der Waals surface area contributed by atoms with Gasteiger partial charge in [-0.2, -0.15) is 0 Å². The van der Waals surface area contributed by atoms with Crippen LogP contribution in [-0.4, -0.2) is 32.1 Å². The number of nitrogens with zero attached hydrogens (tertiary/aromatic N) is 1. The molecule has 3 rings (SSSR count). The van der Waals surface area contributed by atoms with E-state index < -0.39 is 6.04 Å². The fourth-order valence-corrected chi connectivity index (χ4v) is 3.09. The number of ether oxygens (including phenoxy) is 2. The normalized spacial score (nSPS) is 15.5. The number of hydrogen-bond acceptors (Lipinski definition) is 4. The van der Waals surface area contributed by atoms with Gasteiger partial charge in [0.15, 0.2) is 0 Å². The molecule has 1 heterocycles. The van der Waals surface area contributed by atoms with Gasteiger partial charge in [0.05, 0.1) is 14.2 Å². The van der Waals surface area contributed by atoms with Crippen LogP contribution in [0.2, 0.25) is 0 Å². The Morgan fingerprint density at radius 3 is 2.32 bits per heavy atom. The Bertz CT molecular complexity index is 797. The first-order chi connectivity index (χ1) is 12.0. The third kappa shape index (κ3) is 3.28. The van der Waals surface area contributed by atoms with Gasteiger partial charge in [0.2, 0.25) is 11.8 Å². The van der Waals surface area contributed by atoms with Crippen LogP contribution in [0.1, 0.15) is 12.5 Å². The lowest BCUT2D eigenvalue weighted by molar-refractivity contribution is -0.122. The first-order valence-electron chi connectivity index (χ1n) is 7.95. The molecule has 0 aromatic heterocycles. The van der Waals surface area contributed by atoms with E-state index in [2.05, 4.69) is 5.32 Å². The number of fused-ring (bicyclic) bond motifs is 1. The summed E-state index contributed by atoms with van der Waals surface area (Å²) in [5.41, 5.74) is 2.33. The zero-order chi connectivity index (χ0) is 18.0. The van der Waals surface area contributed by atoms with Crippen molar-refractivity contribution < 1.29 is 19.1 Å². The van der Waals surface area contributed by atoms with Crippen molar-refractivity contribution >= 4 is 23.2 Å². The van der Waals surface area contributed by atoms with E-state index in [1.165, 1.54) is 6.92 Å². The van der Waals surface area contributed by atoms with Crippen LogP contribution in [-0.2, 0) is 16.0 Å².